The third-order valence-electron chi connectivity index (χ3n) is 4.57. The number of nitrogens with zero attached hydrogens (tertiary/aromatic N) is 2. The van der Waals surface area contributed by atoms with Gasteiger partial charge in [-0.2, -0.15) is 0 Å². The molecule has 154 valence electrons. The highest BCUT2D eigenvalue weighted by molar-refractivity contribution is 5.94. The lowest BCUT2D eigenvalue weighted by atomic mass is 10.1. The van der Waals surface area contributed by atoms with Crippen LogP contribution in [0.25, 0.3) is 0 Å². The van der Waals surface area contributed by atoms with E-state index < -0.39 is 5.97 Å². The van der Waals surface area contributed by atoms with Crippen LogP contribution in [-0.4, -0.2) is 35.4 Å². The summed E-state index contributed by atoms with van der Waals surface area (Å²) in [5.74, 6) is -0.0629. The van der Waals surface area contributed by atoms with Crippen molar-refractivity contribution in [2.75, 3.05) is 13.7 Å². The first-order chi connectivity index (χ1) is 14.6. The summed E-state index contributed by atoms with van der Waals surface area (Å²) in [7, 11) is 1.68. The molecule has 0 aliphatic rings. The van der Waals surface area contributed by atoms with E-state index in [4.69, 9.17) is 9.47 Å². The van der Waals surface area contributed by atoms with Crippen molar-refractivity contribution in [3.63, 3.8) is 0 Å². The number of aryl methyl sites for hydroxylation is 1. The maximum absolute atomic E-state index is 12.5. The minimum absolute atomic E-state index is 0.243. The van der Waals surface area contributed by atoms with E-state index in [1.54, 1.807) is 55.8 Å². The fourth-order valence-electron chi connectivity index (χ4n) is 2.82. The number of carbonyl (C=O) groups excluding carboxylic acids is 2. The van der Waals surface area contributed by atoms with Gasteiger partial charge in [-0.1, -0.05) is 43.3 Å². The topological polar surface area (TPSA) is 68.7 Å². The van der Waals surface area contributed by atoms with Gasteiger partial charge in [0.2, 0.25) is 0 Å². The Bertz CT molecular complexity index is 988. The van der Waals surface area contributed by atoms with Gasteiger partial charge >= 0.3 is 5.97 Å². The predicted molar refractivity (Wildman–Crippen MR) is 113 cm³/mol. The summed E-state index contributed by atoms with van der Waals surface area (Å²) in [4.78, 5) is 30.4. The number of carbonyl (C=O) groups is 2. The van der Waals surface area contributed by atoms with Gasteiger partial charge < -0.3 is 14.4 Å². The summed E-state index contributed by atoms with van der Waals surface area (Å²) < 4.78 is 11.0. The molecule has 0 bridgehead atoms. The third kappa shape index (κ3) is 5.67. The van der Waals surface area contributed by atoms with Crippen LogP contribution in [-0.2, 0) is 22.5 Å². The first kappa shape index (κ1) is 21.0. The molecule has 0 radical (unpaired) electrons. The maximum Gasteiger partial charge on any atom is 0.342 e. The van der Waals surface area contributed by atoms with Gasteiger partial charge in [-0.05, 0) is 41.8 Å². The summed E-state index contributed by atoms with van der Waals surface area (Å²) >= 11 is 0. The zero-order valence-electron chi connectivity index (χ0n) is 17.1. The number of hydrogen-bond donors (Lipinski definition) is 0. The minimum atomic E-state index is -0.622. The van der Waals surface area contributed by atoms with Gasteiger partial charge in [0.25, 0.3) is 5.91 Å². The Kier molecular flexibility index (Phi) is 7.16. The Hall–Kier alpha value is -3.67. The fraction of sp³-hybridized carbons (Fsp3) is 0.208. The summed E-state index contributed by atoms with van der Waals surface area (Å²) in [6.07, 6.45) is 4.15. The summed E-state index contributed by atoms with van der Waals surface area (Å²) in [5, 5.41) is 0. The van der Waals surface area contributed by atoms with Crippen molar-refractivity contribution in [3.8, 4) is 11.5 Å². The number of hydrogen-bond acceptors (Lipinski definition) is 5. The zero-order valence-corrected chi connectivity index (χ0v) is 17.1. The van der Waals surface area contributed by atoms with Gasteiger partial charge in [0.05, 0.1) is 6.20 Å². The number of pyridine rings is 1. The standard InChI is InChI=1S/C24H24N2O4/c1-3-18-10-12-19(13-11-18)16-26(2)23(27)17-29-24(28)21-8-4-5-9-22(21)30-20-7-6-14-25-15-20/h4-15H,3,16-17H2,1-2H3. The SMILES string of the molecule is CCc1ccc(CN(C)C(=O)COC(=O)c2ccccc2Oc2cccnc2)cc1. The van der Waals surface area contributed by atoms with E-state index in [2.05, 4.69) is 11.9 Å². The molecule has 0 atom stereocenters. The van der Waals surface area contributed by atoms with E-state index in [-0.39, 0.29) is 18.1 Å². The van der Waals surface area contributed by atoms with Gasteiger partial charge in [0.15, 0.2) is 6.61 Å². The summed E-state index contributed by atoms with van der Waals surface area (Å²) in [6.45, 7) is 2.20. The van der Waals surface area contributed by atoms with Crippen molar-refractivity contribution in [1.82, 2.24) is 9.88 Å². The molecule has 1 heterocycles. The van der Waals surface area contributed by atoms with Gasteiger partial charge in [-0.15, -0.1) is 0 Å². The Morgan fingerprint density at radius 2 is 1.70 bits per heavy atom. The number of rotatable bonds is 8. The zero-order chi connectivity index (χ0) is 21.3. The Morgan fingerprint density at radius 3 is 2.40 bits per heavy atom. The van der Waals surface area contributed by atoms with E-state index in [9.17, 15) is 9.59 Å². The molecule has 3 rings (SSSR count). The third-order valence-corrected chi connectivity index (χ3v) is 4.57. The number of benzene rings is 2. The molecule has 30 heavy (non-hydrogen) atoms. The van der Waals surface area contributed by atoms with E-state index in [0.29, 0.717) is 18.0 Å². The van der Waals surface area contributed by atoms with E-state index in [1.807, 2.05) is 24.3 Å². The molecule has 6 heteroatoms. The molecule has 0 unspecified atom stereocenters. The fourth-order valence-corrected chi connectivity index (χ4v) is 2.82. The molecule has 3 aromatic rings. The van der Waals surface area contributed by atoms with Crippen LogP contribution in [0.4, 0.5) is 0 Å². The molecule has 1 aromatic heterocycles. The van der Waals surface area contributed by atoms with Crippen molar-refractivity contribution < 1.29 is 19.1 Å². The summed E-state index contributed by atoms with van der Waals surface area (Å²) in [6, 6.07) is 18.3. The van der Waals surface area contributed by atoms with E-state index >= 15 is 0 Å². The van der Waals surface area contributed by atoms with Gasteiger partial charge in [-0.3, -0.25) is 9.78 Å². The van der Waals surface area contributed by atoms with Gasteiger partial charge in [-0.25, -0.2) is 4.79 Å². The van der Waals surface area contributed by atoms with Crippen molar-refractivity contribution in [1.29, 1.82) is 0 Å². The van der Waals surface area contributed by atoms with Gasteiger partial charge in [0, 0.05) is 19.8 Å². The second-order valence-corrected chi connectivity index (χ2v) is 6.78. The van der Waals surface area contributed by atoms with Crippen LogP contribution in [0.1, 0.15) is 28.4 Å². The van der Waals surface area contributed by atoms with Crippen LogP contribution in [0.2, 0.25) is 0 Å². The Labute approximate surface area is 176 Å². The largest absolute Gasteiger partial charge is 0.455 e. The minimum Gasteiger partial charge on any atom is -0.455 e. The van der Waals surface area contributed by atoms with E-state index in [1.165, 1.54) is 10.5 Å². The highest BCUT2D eigenvalue weighted by Crippen LogP contribution is 2.25. The lowest BCUT2D eigenvalue weighted by molar-refractivity contribution is -0.133. The molecule has 6 nitrogen and oxygen atoms in total. The lowest BCUT2D eigenvalue weighted by Crippen LogP contribution is -2.30. The molecule has 0 spiro atoms. The Morgan fingerprint density at radius 1 is 0.967 bits per heavy atom. The molecule has 0 saturated carbocycles. The molecular weight excluding hydrogens is 380 g/mol. The molecule has 0 aliphatic heterocycles. The number of likely N-dealkylation sites (N-methyl/N-ethyl adjacent to an activating group) is 1. The Balaban J connectivity index is 1.57. The average Bonchev–Trinajstić information content (AvgIpc) is 2.78. The molecule has 0 fully saturated rings. The number of amides is 1. The van der Waals surface area contributed by atoms with Gasteiger partial charge in [0.1, 0.15) is 17.1 Å². The number of aromatic nitrogens is 1. The normalized spacial score (nSPS) is 10.3. The average molecular weight is 404 g/mol. The first-order valence-corrected chi connectivity index (χ1v) is 9.72. The second-order valence-electron chi connectivity index (χ2n) is 6.78. The monoisotopic (exact) mass is 404 g/mol. The highest BCUT2D eigenvalue weighted by Gasteiger charge is 2.17. The predicted octanol–water partition coefficient (Wildman–Crippen LogP) is 4.25. The van der Waals surface area contributed by atoms with Crippen LogP contribution in [0.15, 0.2) is 73.1 Å². The van der Waals surface area contributed by atoms with Crippen molar-refractivity contribution in [2.45, 2.75) is 19.9 Å². The van der Waals surface area contributed by atoms with Crippen LogP contribution in [0.3, 0.4) is 0 Å². The number of esters is 1. The van der Waals surface area contributed by atoms with Crippen molar-refractivity contribution >= 4 is 11.9 Å². The molecule has 2 aromatic carbocycles. The van der Waals surface area contributed by atoms with E-state index in [0.717, 1.165) is 12.0 Å². The quantitative estimate of drug-likeness (QED) is 0.525. The van der Waals surface area contributed by atoms with Crippen LogP contribution >= 0.6 is 0 Å². The van der Waals surface area contributed by atoms with Crippen LogP contribution < -0.4 is 4.74 Å². The molecule has 0 saturated heterocycles. The van der Waals surface area contributed by atoms with Crippen LogP contribution in [0.5, 0.6) is 11.5 Å². The lowest BCUT2D eigenvalue weighted by Gasteiger charge is -2.18. The van der Waals surface area contributed by atoms with Crippen LogP contribution in [0, 0.1) is 0 Å². The summed E-state index contributed by atoms with van der Waals surface area (Å²) in [5.41, 5.74) is 2.50. The number of ether oxygens (including phenoxy) is 2. The molecule has 0 N–H and O–H groups in total. The molecular formula is C24H24N2O4. The maximum atomic E-state index is 12.5. The second kappa shape index (κ2) is 10.2. The molecule has 1 amide bonds. The molecule has 0 aliphatic carbocycles. The first-order valence-electron chi connectivity index (χ1n) is 9.72. The smallest absolute Gasteiger partial charge is 0.342 e. The number of para-hydroxylation sites is 1. The highest BCUT2D eigenvalue weighted by atomic mass is 16.5. The van der Waals surface area contributed by atoms with Crippen molar-refractivity contribution in [2.24, 2.45) is 0 Å². The van der Waals surface area contributed by atoms with Crippen molar-refractivity contribution in [3.05, 3.63) is 89.7 Å².